The number of thioether (sulfide) groups is 2. The number of aryl methyl sites for hydroxylation is 1. The van der Waals surface area contributed by atoms with E-state index >= 15 is 0 Å². The minimum Gasteiger partial charge on any atom is -0.466 e. The van der Waals surface area contributed by atoms with Gasteiger partial charge < -0.3 is 15.0 Å². The molecule has 4 atom stereocenters. The zero-order chi connectivity index (χ0) is 19.4. The van der Waals surface area contributed by atoms with Crippen molar-refractivity contribution in [3.05, 3.63) is 22.1 Å². The van der Waals surface area contributed by atoms with Crippen molar-refractivity contribution in [2.24, 2.45) is 5.92 Å². The van der Waals surface area contributed by atoms with Gasteiger partial charge in [-0.2, -0.15) is 0 Å². The van der Waals surface area contributed by atoms with Crippen molar-refractivity contribution in [1.82, 2.24) is 20.6 Å². The van der Waals surface area contributed by atoms with Gasteiger partial charge >= 0.3 is 5.97 Å². The van der Waals surface area contributed by atoms with Gasteiger partial charge in [-0.15, -0.1) is 11.8 Å². The predicted molar refractivity (Wildman–Crippen MR) is 105 cm³/mol. The second-order valence-electron chi connectivity index (χ2n) is 6.64. The first-order valence-corrected chi connectivity index (χ1v) is 11.0. The number of rotatable bonds is 6. The van der Waals surface area contributed by atoms with Crippen molar-refractivity contribution in [2.45, 2.75) is 55.1 Å². The van der Waals surface area contributed by atoms with Crippen LogP contribution in [-0.2, 0) is 14.3 Å². The lowest BCUT2D eigenvalue weighted by Crippen LogP contribution is -2.45. The van der Waals surface area contributed by atoms with Gasteiger partial charge in [0, 0.05) is 23.1 Å². The van der Waals surface area contributed by atoms with Gasteiger partial charge in [-0.25, -0.2) is 4.98 Å². The molecule has 1 aromatic heterocycles. The second-order valence-corrected chi connectivity index (χ2v) is 8.95. The Labute approximate surface area is 166 Å². The molecule has 2 heterocycles. The van der Waals surface area contributed by atoms with Crippen molar-refractivity contribution in [1.29, 1.82) is 0 Å². The zero-order valence-electron chi connectivity index (χ0n) is 15.3. The van der Waals surface area contributed by atoms with E-state index in [4.69, 9.17) is 4.74 Å². The average Bonchev–Trinajstić information content (AvgIpc) is 3.00. The van der Waals surface area contributed by atoms with Crippen LogP contribution in [-0.4, -0.2) is 51.0 Å². The Balaban J connectivity index is 1.46. The zero-order valence-corrected chi connectivity index (χ0v) is 17.0. The Kier molecular flexibility index (Phi) is 6.83. The number of amides is 1. The fraction of sp³-hybridized carbons (Fsp3) is 0.647. The second kappa shape index (κ2) is 9.11. The average molecular weight is 413 g/mol. The van der Waals surface area contributed by atoms with Crippen LogP contribution in [0.15, 0.2) is 16.0 Å². The number of carbonyl (C=O) groups is 2. The van der Waals surface area contributed by atoms with Gasteiger partial charge in [-0.1, -0.05) is 11.8 Å². The quantitative estimate of drug-likeness (QED) is 0.360. The maximum Gasteiger partial charge on any atom is 0.308 e. The van der Waals surface area contributed by atoms with Gasteiger partial charge in [-0.3, -0.25) is 19.7 Å². The smallest absolute Gasteiger partial charge is 0.308 e. The van der Waals surface area contributed by atoms with Crippen molar-refractivity contribution in [3.63, 3.8) is 0 Å². The molecule has 0 radical (unpaired) electrons. The number of carbonyl (C=O) groups excluding carboxylic acids is 2. The molecule has 0 aromatic carbocycles. The normalized spacial score (nSPS) is 27.0. The van der Waals surface area contributed by atoms with Gasteiger partial charge in [0.1, 0.15) is 5.50 Å². The summed E-state index contributed by atoms with van der Waals surface area (Å²) < 4.78 is 5.14. The molecule has 3 rings (SSSR count). The number of hydrogen-bond acceptors (Lipinski definition) is 8. The van der Waals surface area contributed by atoms with E-state index in [1.54, 1.807) is 18.7 Å². The summed E-state index contributed by atoms with van der Waals surface area (Å²) in [5.74, 6) is -0.115. The lowest BCUT2D eigenvalue weighted by Gasteiger charge is -2.29. The van der Waals surface area contributed by atoms with Crippen LogP contribution in [0.2, 0.25) is 0 Å². The Bertz CT molecular complexity index is 757. The highest BCUT2D eigenvalue weighted by atomic mass is 32.2. The number of H-pyrrole nitrogens is 1. The van der Waals surface area contributed by atoms with Crippen LogP contribution in [0.5, 0.6) is 0 Å². The molecule has 27 heavy (non-hydrogen) atoms. The minimum absolute atomic E-state index is 0.0466. The summed E-state index contributed by atoms with van der Waals surface area (Å²) in [5, 5.41) is 7.12. The molecule has 0 bridgehead atoms. The molecule has 148 valence electrons. The fourth-order valence-corrected chi connectivity index (χ4v) is 5.65. The molecule has 8 nitrogen and oxygen atoms in total. The molecule has 1 aliphatic heterocycles. The van der Waals surface area contributed by atoms with E-state index in [1.807, 2.05) is 6.92 Å². The lowest BCUT2D eigenvalue weighted by molar-refractivity contribution is -0.149. The molecule has 1 saturated heterocycles. The van der Waals surface area contributed by atoms with Crippen LogP contribution in [0.25, 0.3) is 0 Å². The largest absolute Gasteiger partial charge is 0.466 e. The molecule has 1 aliphatic carbocycles. The van der Waals surface area contributed by atoms with Crippen molar-refractivity contribution in [2.75, 3.05) is 12.4 Å². The summed E-state index contributed by atoms with van der Waals surface area (Å²) in [6, 6.07) is 1.71. The first kappa shape index (κ1) is 20.2. The third kappa shape index (κ3) is 5.49. The Hall–Kier alpha value is -1.52. The Morgan fingerprint density at radius 2 is 2.26 bits per heavy atom. The molecule has 1 saturated carbocycles. The molecule has 2 fully saturated rings. The number of aromatic nitrogens is 2. The van der Waals surface area contributed by atoms with Gasteiger partial charge in [0.2, 0.25) is 5.91 Å². The number of hydrogen-bond donors (Lipinski definition) is 3. The van der Waals surface area contributed by atoms with Crippen LogP contribution in [0.3, 0.4) is 0 Å². The van der Waals surface area contributed by atoms with Crippen LogP contribution in [0, 0.1) is 12.8 Å². The molecular formula is C17H24N4O4S2. The van der Waals surface area contributed by atoms with E-state index in [-0.39, 0.29) is 34.6 Å². The number of fused-ring (bicyclic) bond motifs is 1. The minimum atomic E-state index is -0.223. The molecule has 10 heteroatoms. The van der Waals surface area contributed by atoms with E-state index in [0.717, 1.165) is 19.3 Å². The molecule has 1 amide bonds. The Morgan fingerprint density at radius 1 is 1.44 bits per heavy atom. The van der Waals surface area contributed by atoms with Crippen LogP contribution in [0.4, 0.5) is 0 Å². The molecule has 2 aliphatic rings. The summed E-state index contributed by atoms with van der Waals surface area (Å²) in [6.45, 7) is 3.97. The van der Waals surface area contributed by atoms with Crippen LogP contribution < -0.4 is 16.2 Å². The molecule has 1 aromatic rings. The lowest BCUT2D eigenvalue weighted by atomic mass is 9.86. The van der Waals surface area contributed by atoms with E-state index in [1.165, 1.54) is 17.8 Å². The molecular weight excluding hydrogens is 388 g/mol. The third-order valence-electron chi connectivity index (χ3n) is 4.57. The standard InChI is InChI=1S/C17H24N4O4S2/c1-3-25-15(24)10-4-5-11-12(7-10)27-17(19-11)21-14(23)8-26-16-18-9(2)6-13(22)20-16/h6,10-12,17,19H,3-5,7-8H2,1-2H3,(H,21,23)(H,18,20,22). The Morgan fingerprint density at radius 3 is 3.00 bits per heavy atom. The molecule has 0 spiro atoms. The maximum absolute atomic E-state index is 12.2. The maximum atomic E-state index is 12.2. The first-order chi connectivity index (χ1) is 12.9. The van der Waals surface area contributed by atoms with Crippen molar-refractivity contribution in [3.8, 4) is 0 Å². The number of ether oxygens (including phenoxy) is 1. The van der Waals surface area contributed by atoms with Crippen molar-refractivity contribution >= 4 is 35.4 Å². The van der Waals surface area contributed by atoms with Gasteiger partial charge in [0.15, 0.2) is 5.16 Å². The topological polar surface area (TPSA) is 113 Å². The summed E-state index contributed by atoms with van der Waals surface area (Å²) in [4.78, 5) is 42.4. The first-order valence-electron chi connectivity index (χ1n) is 9.03. The van der Waals surface area contributed by atoms with Gasteiger partial charge in [0.05, 0.1) is 18.3 Å². The van der Waals surface area contributed by atoms with E-state index in [2.05, 4.69) is 20.6 Å². The monoisotopic (exact) mass is 412 g/mol. The number of aromatic amines is 1. The van der Waals surface area contributed by atoms with Crippen LogP contribution >= 0.6 is 23.5 Å². The van der Waals surface area contributed by atoms with Gasteiger partial charge in [0.25, 0.3) is 5.56 Å². The number of nitrogens with one attached hydrogen (secondary N) is 3. The SMILES string of the molecule is CCOC(=O)C1CCC2NC(NC(=O)CSc3nc(C)cc(=O)[nH]3)SC2C1. The van der Waals surface area contributed by atoms with Gasteiger partial charge in [-0.05, 0) is 33.1 Å². The highest BCUT2D eigenvalue weighted by Gasteiger charge is 2.41. The predicted octanol–water partition coefficient (Wildman–Crippen LogP) is 1.01. The summed E-state index contributed by atoms with van der Waals surface area (Å²) >= 11 is 2.85. The van der Waals surface area contributed by atoms with E-state index in [9.17, 15) is 14.4 Å². The third-order valence-corrected chi connectivity index (χ3v) is 6.84. The summed E-state index contributed by atoms with van der Waals surface area (Å²) in [6.07, 6.45) is 2.49. The van der Waals surface area contributed by atoms with E-state index in [0.29, 0.717) is 28.7 Å². The fourth-order valence-electron chi connectivity index (χ4n) is 3.37. The molecule has 3 N–H and O–H groups in total. The van der Waals surface area contributed by atoms with Crippen molar-refractivity contribution < 1.29 is 14.3 Å². The van der Waals surface area contributed by atoms with E-state index < -0.39 is 0 Å². The summed E-state index contributed by atoms with van der Waals surface area (Å²) in [7, 11) is 0. The highest BCUT2D eigenvalue weighted by Crippen LogP contribution is 2.39. The highest BCUT2D eigenvalue weighted by molar-refractivity contribution is 8.01. The number of nitrogens with zero attached hydrogens (tertiary/aromatic N) is 1. The summed E-state index contributed by atoms with van der Waals surface area (Å²) in [5.41, 5.74) is 0.229. The van der Waals surface area contributed by atoms with Crippen LogP contribution in [0.1, 0.15) is 31.9 Å². The number of esters is 1. The molecule has 4 unspecified atom stereocenters.